The predicted octanol–water partition coefficient (Wildman–Crippen LogP) is 3.55. The molecule has 0 atom stereocenters. The monoisotopic (exact) mass is 440 g/mol. The molecule has 2 saturated heterocycles. The molecule has 2 aromatic heterocycles. The lowest BCUT2D eigenvalue weighted by Crippen LogP contribution is -2.48. The molecule has 168 valence electrons. The van der Waals surface area contributed by atoms with Crippen molar-refractivity contribution in [2.24, 2.45) is 0 Å². The lowest BCUT2D eigenvalue weighted by Gasteiger charge is -2.41. The van der Waals surface area contributed by atoms with Gasteiger partial charge < -0.3 is 19.5 Å². The van der Waals surface area contributed by atoms with E-state index in [0.29, 0.717) is 48.1 Å². The van der Waals surface area contributed by atoms with Crippen LogP contribution >= 0.6 is 0 Å². The molecule has 1 saturated carbocycles. The average Bonchev–Trinajstić information content (AvgIpc) is 3.45. The van der Waals surface area contributed by atoms with Crippen molar-refractivity contribution in [3.05, 3.63) is 47.9 Å². The number of carbonyl (C=O) groups excluding carboxylic acids is 1. The summed E-state index contributed by atoms with van der Waals surface area (Å²) in [6.07, 6.45) is 4.68. The van der Waals surface area contributed by atoms with Gasteiger partial charge >= 0.3 is 0 Å². The predicted molar refractivity (Wildman–Crippen MR) is 115 cm³/mol. The number of amides is 1. The molecule has 4 heterocycles. The van der Waals surface area contributed by atoms with Crippen LogP contribution in [0, 0.1) is 0 Å². The number of hydrogen-bond acceptors (Lipinski definition) is 6. The summed E-state index contributed by atoms with van der Waals surface area (Å²) in [6.45, 7) is 3.76. The zero-order chi connectivity index (χ0) is 22.5. The van der Waals surface area contributed by atoms with E-state index in [4.69, 9.17) is 19.2 Å². The Hall–Kier alpha value is -3.20. The first-order valence-electron chi connectivity index (χ1n) is 10.6. The number of para-hydroxylation sites is 1. The lowest BCUT2D eigenvalue weighted by molar-refractivity contribution is -0.0235. The van der Waals surface area contributed by atoms with Crippen LogP contribution in [0.2, 0.25) is 0 Å². The maximum atomic E-state index is 13.4. The third-order valence-electron chi connectivity index (χ3n) is 6.11. The number of carbonyl (C=O) groups is 1. The van der Waals surface area contributed by atoms with Crippen molar-refractivity contribution in [1.29, 1.82) is 0 Å². The lowest BCUT2D eigenvalue weighted by atomic mass is 9.61. The zero-order valence-electron chi connectivity index (χ0n) is 18.2. The molecule has 0 unspecified atom stereocenters. The quantitative estimate of drug-likeness (QED) is 0.605. The summed E-state index contributed by atoms with van der Waals surface area (Å²) in [6, 6.07) is 6.97. The second-order valence-corrected chi connectivity index (χ2v) is 8.85. The van der Waals surface area contributed by atoms with Gasteiger partial charge in [-0.15, -0.1) is 0 Å². The third-order valence-corrected chi connectivity index (χ3v) is 6.11. The van der Waals surface area contributed by atoms with Gasteiger partial charge in [0.15, 0.2) is 5.82 Å². The molecule has 1 aromatic carbocycles. The number of halogens is 1. The maximum Gasteiger partial charge on any atom is 0.260 e. The fourth-order valence-corrected chi connectivity index (χ4v) is 4.67. The fourth-order valence-electron chi connectivity index (χ4n) is 4.67. The van der Waals surface area contributed by atoms with Crippen molar-refractivity contribution in [2.45, 2.75) is 43.8 Å². The van der Waals surface area contributed by atoms with E-state index >= 15 is 0 Å². The van der Waals surface area contributed by atoms with Gasteiger partial charge in [-0.1, -0.05) is 12.1 Å². The summed E-state index contributed by atoms with van der Waals surface area (Å²) < 4.78 is 32.1. The van der Waals surface area contributed by atoms with Gasteiger partial charge in [-0.25, -0.2) is 9.37 Å². The molecule has 2 bridgehead atoms. The number of fused-ring (bicyclic) bond motifs is 2. The minimum absolute atomic E-state index is 0.137. The highest BCUT2D eigenvalue weighted by Gasteiger charge is 2.64. The van der Waals surface area contributed by atoms with Crippen molar-refractivity contribution in [3.63, 3.8) is 0 Å². The molecule has 3 aromatic rings. The molecule has 2 aliphatic heterocycles. The molecule has 9 heteroatoms. The Morgan fingerprint density at radius 3 is 2.75 bits per heavy atom. The van der Waals surface area contributed by atoms with Gasteiger partial charge in [0.2, 0.25) is 5.65 Å². The Morgan fingerprint density at radius 2 is 2.06 bits per heavy atom. The van der Waals surface area contributed by atoms with Crippen LogP contribution in [-0.2, 0) is 10.2 Å². The number of anilines is 1. The Labute approximate surface area is 184 Å². The summed E-state index contributed by atoms with van der Waals surface area (Å²) >= 11 is 0. The number of imidazole rings is 1. The van der Waals surface area contributed by atoms with Crippen LogP contribution in [0.1, 0.15) is 42.7 Å². The minimum Gasteiger partial charge on any atom is -0.496 e. The fraction of sp³-hybridized carbons (Fsp3) is 0.435. The molecular weight excluding hydrogens is 415 g/mol. The van der Waals surface area contributed by atoms with Crippen molar-refractivity contribution < 1.29 is 23.4 Å². The molecule has 1 amide bonds. The largest absolute Gasteiger partial charge is 0.496 e. The molecule has 0 radical (unpaired) electrons. The van der Waals surface area contributed by atoms with Crippen LogP contribution in [0.15, 0.2) is 36.7 Å². The van der Waals surface area contributed by atoms with Crippen LogP contribution in [0.5, 0.6) is 11.6 Å². The normalized spacial score (nSPS) is 23.9. The highest BCUT2D eigenvalue weighted by Crippen LogP contribution is 2.58. The number of benzene rings is 1. The van der Waals surface area contributed by atoms with E-state index in [9.17, 15) is 9.18 Å². The number of nitrogens with one attached hydrogen (secondary N) is 1. The minimum atomic E-state index is -0.654. The number of hydrogen-bond donors (Lipinski definition) is 1. The molecule has 0 spiro atoms. The topological polar surface area (TPSA) is 87.0 Å². The number of rotatable bonds is 7. The summed E-state index contributed by atoms with van der Waals surface area (Å²) in [5.41, 5.74) is 0.826. The van der Waals surface area contributed by atoms with E-state index in [0.717, 1.165) is 5.69 Å². The van der Waals surface area contributed by atoms with Gasteiger partial charge in [-0.2, -0.15) is 4.98 Å². The zero-order valence-corrected chi connectivity index (χ0v) is 18.2. The average molecular weight is 440 g/mol. The second-order valence-electron chi connectivity index (χ2n) is 8.85. The Kier molecular flexibility index (Phi) is 4.81. The number of ether oxygens (including phenoxy) is 3. The van der Waals surface area contributed by atoms with E-state index in [1.165, 1.54) is 7.11 Å². The van der Waals surface area contributed by atoms with Gasteiger partial charge in [-0.05, 0) is 38.8 Å². The number of aromatic nitrogens is 3. The Bertz CT molecular complexity index is 1190. The van der Waals surface area contributed by atoms with E-state index < -0.39 is 12.3 Å². The van der Waals surface area contributed by atoms with Gasteiger partial charge in [-0.3, -0.25) is 9.20 Å². The van der Waals surface area contributed by atoms with Crippen molar-refractivity contribution in [3.8, 4) is 11.6 Å². The van der Waals surface area contributed by atoms with Crippen molar-refractivity contribution >= 4 is 17.4 Å². The SMILES string of the molecule is COc1ccccc1C(=O)Nc1cn2cc(C34COC(CF)(C3)C4)nc2c(OC(C)C)n1. The Morgan fingerprint density at radius 1 is 1.28 bits per heavy atom. The molecule has 3 aliphatic rings. The second kappa shape index (κ2) is 7.44. The molecule has 6 rings (SSSR count). The smallest absolute Gasteiger partial charge is 0.260 e. The van der Waals surface area contributed by atoms with Crippen molar-refractivity contribution in [2.75, 3.05) is 25.7 Å². The van der Waals surface area contributed by atoms with Crippen molar-refractivity contribution in [1.82, 2.24) is 14.4 Å². The first-order chi connectivity index (χ1) is 15.4. The van der Waals surface area contributed by atoms with E-state index in [2.05, 4.69) is 10.3 Å². The summed E-state index contributed by atoms with van der Waals surface area (Å²) in [7, 11) is 1.52. The summed E-state index contributed by atoms with van der Waals surface area (Å²) in [4.78, 5) is 22.1. The third kappa shape index (κ3) is 3.28. The first-order valence-corrected chi connectivity index (χ1v) is 10.6. The highest BCUT2D eigenvalue weighted by atomic mass is 19.1. The summed E-state index contributed by atoms with van der Waals surface area (Å²) in [5.74, 6) is 0.756. The number of methoxy groups -OCH3 is 1. The van der Waals surface area contributed by atoms with Crippen LogP contribution in [0.25, 0.3) is 5.65 Å². The van der Waals surface area contributed by atoms with Crippen LogP contribution in [0.4, 0.5) is 10.2 Å². The van der Waals surface area contributed by atoms with E-state index in [1.54, 1.807) is 34.9 Å². The highest BCUT2D eigenvalue weighted by molar-refractivity contribution is 6.05. The first kappa shape index (κ1) is 20.7. The van der Waals surface area contributed by atoms with Gasteiger partial charge in [0.05, 0.1) is 42.9 Å². The van der Waals surface area contributed by atoms with Gasteiger partial charge in [0.1, 0.15) is 12.4 Å². The molecule has 1 N–H and O–H groups in total. The maximum absolute atomic E-state index is 13.4. The van der Waals surface area contributed by atoms with Crippen LogP contribution in [-0.4, -0.2) is 52.4 Å². The van der Waals surface area contributed by atoms with Gasteiger partial charge in [0, 0.05) is 11.6 Å². The molecule has 8 nitrogen and oxygen atoms in total. The standard InChI is InChI=1S/C23H25FN4O4/c1-14(2)32-21-19-25-17(22-10-23(11-22,12-24)31-13-22)8-28(19)9-18(27-21)26-20(29)15-6-4-5-7-16(15)30-3/h4-9,14H,10-13H2,1-3H3,(H,26,29). The number of alkyl halides is 1. The van der Waals surface area contributed by atoms with Gasteiger partial charge in [0.25, 0.3) is 11.8 Å². The molecule has 3 fully saturated rings. The molecule has 32 heavy (non-hydrogen) atoms. The van der Waals surface area contributed by atoms with E-state index in [-0.39, 0.29) is 17.4 Å². The van der Waals surface area contributed by atoms with E-state index in [1.807, 2.05) is 20.0 Å². The van der Waals surface area contributed by atoms with Crippen LogP contribution < -0.4 is 14.8 Å². The molecular formula is C23H25FN4O4. The molecule has 1 aliphatic carbocycles. The Balaban J connectivity index is 1.50. The number of nitrogens with zero attached hydrogens (tertiary/aromatic N) is 3. The summed E-state index contributed by atoms with van der Waals surface area (Å²) in [5, 5.41) is 2.82. The van der Waals surface area contributed by atoms with Crippen LogP contribution in [0.3, 0.4) is 0 Å².